The molecule has 4 aromatic rings. The van der Waals surface area contributed by atoms with E-state index in [9.17, 15) is 9.59 Å². The van der Waals surface area contributed by atoms with Crippen LogP contribution < -0.4 is 10.4 Å². The number of hydrogen-bond acceptors (Lipinski definition) is 5. The molecule has 0 saturated carbocycles. The van der Waals surface area contributed by atoms with Gasteiger partial charge in [0.1, 0.15) is 5.75 Å². The predicted molar refractivity (Wildman–Crippen MR) is 106 cm³/mol. The van der Waals surface area contributed by atoms with Crippen molar-refractivity contribution >= 4 is 28.3 Å². The van der Waals surface area contributed by atoms with E-state index < -0.39 is 0 Å². The number of carbonyl (C=O) groups excluding carboxylic acids is 1. The van der Waals surface area contributed by atoms with E-state index in [0.717, 1.165) is 16.9 Å². The Hall–Kier alpha value is -3.19. The number of thiophene rings is 1. The Balaban J connectivity index is 1.74. The molecule has 136 valence electrons. The molecule has 27 heavy (non-hydrogen) atoms. The number of pyridine rings is 1. The quantitative estimate of drug-likeness (QED) is 0.518. The van der Waals surface area contributed by atoms with Crippen molar-refractivity contribution in [2.45, 2.75) is 13.5 Å². The molecule has 0 aliphatic heterocycles. The number of Topliss-reactive ketones (excluding diaryl/α,β-unsaturated/α-hetero) is 1. The highest BCUT2D eigenvalue weighted by molar-refractivity contribution is 7.12. The van der Waals surface area contributed by atoms with Crippen molar-refractivity contribution in [1.82, 2.24) is 14.5 Å². The summed E-state index contributed by atoms with van der Waals surface area (Å²) in [5.41, 5.74) is 2.50. The van der Waals surface area contributed by atoms with Gasteiger partial charge in [0.05, 0.1) is 23.5 Å². The van der Waals surface area contributed by atoms with Crippen molar-refractivity contribution in [3.05, 3.63) is 69.4 Å². The lowest BCUT2D eigenvalue weighted by atomic mass is 10.1. The van der Waals surface area contributed by atoms with Gasteiger partial charge in [0.25, 0.3) is 0 Å². The van der Waals surface area contributed by atoms with Crippen LogP contribution in [-0.4, -0.2) is 26.9 Å². The summed E-state index contributed by atoms with van der Waals surface area (Å²) < 4.78 is 6.98. The van der Waals surface area contributed by atoms with Crippen molar-refractivity contribution in [1.29, 1.82) is 0 Å². The minimum absolute atomic E-state index is 0.0243. The maximum atomic E-state index is 12.4. The van der Waals surface area contributed by atoms with Gasteiger partial charge in [-0.25, -0.2) is 9.78 Å². The van der Waals surface area contributed by atoms with Gasteiger partial charge in [-0.05, 0) is 42.1 Å². The lowest BCUT2D eigenvalue weighted by Crippen LogP contribution is -2.21. The highest BCUT2D eigenvalue weighted by atomic mass is 32.1. The molecule has 0 spiro atoms. The smallest absolute Gasteiger partial charge is 0.328 e. The molecule has 1 N–H and O–H groups in total. The van der Waals surface area contributed by atoms with E-state index in [4.69, 9.17) is 4.74 Å². The second-order valence-electron chi connectivity index (χ2n) is 5.97. The number of aromatic nitrogens is 3. The van der Waals surface area contributed by atoms with Gasteiger partial charge in [-0.15, -0.1) is 11.3 Å². The summed E-state index contributed by atoms with van der Waals surface area (Å²) in [4.78, 5) is 32.5. The SMILES string of the molecule is CCOc1cccc(-c2cnc3[nH]c(=O)n(CC(=O)c4cccs4)c3c2)c1. The van der Waals surface area contributed by atoms with Crippen LogP contribution in [0.1, 0.15) is 16.6 Å². The zero-order chi connectivity index (χ0) is 18.8. The number of H-pyrrole nitrogens is 1. The molecule has 6 nitrogen and oxygen atoms in total. The number of carbonyl (C=O) groups is 1. The Morgan fingerprint density at radius 3 is 2.89 bits per heavy atom. The predicted octanol–water partition coefficient (Wildman–Crippen LogP) is 3.73. The summed E-state index contributed by atoms with van der Waals surface area (Å²) in [6.07, 6.45) is 1.70. The van der Waals surface area contributed by atoms with Crippen LogP contribution in [0, 0.1) is 0 Å². The van der Waals surface area contributed by atoms with Crippen LogP contribution in [-0.2, 0) is 6.54 Å². The first-order valence-electron chi connectivity index (χ1n) is 8.54. The number of rotatable bonds is 6. The average Bonchev–Trinajstić information content (AvgIpc) is 3.31. The third-order valence-corrected chi connectivity index (χ3v) is 5.12. The molecule has 0 atom stereocenters. The van der Waals surface area contributed by atoms with Crippen molar-refractivity contribution in [2.24, 2.45) is 0 Å². The van der Waals surface area contributed by atoms with E-state index in [0.29, 0.717) is 22.6 Å². The van der Waals surface area contributed by atoms with Crippen LogP contribution in [0.3, 0.4) is 0 Å². The van der Waals surface area contributed by atoms with E-state index in [2.05, 4.69) is 9.97 Å². The minimum Gasteiger partial charge on any atom is -0.494 e. The molecule has 3 aromatic heterocycles. The average molecular weight is 379 g/mol. The molecule has 0 bridgehead atoms. The van der Waals surface area contributed by atoms with Crippen molar-refractivity contribution in [3.63, 3.8) is 0 Å². The minimum atomic E-state index is -0.345. The molecular formula is C20H17N3O3S. The number of nitrogens with zero attached hydrogens (tertiary/aromatic N) is 2. The van der Waals surface area contributed by atoms with Crippen LogP contribution in [0.4, 0.5) is 0 Å². The normalized spacial score (nSPS) is 11.0. The first-order valence-corrected chi connectivity index (χ1v) is 9.42. The highest BCUT2D eigenvalue weighted by Gasteiger charge is 2.15. The molecule has 0 amide bonds. The molecule has 0 fully saturated rings. The zero-order valence-electron chi connectivity index (χ0n) is 14.6. The molecular weight excluding hydrogens is 362 g/mol. The summed E-state index contributed by atoms with van der Waals surface area (Å²) in [5, 5.41) is 1.84. The Labute approximate surface area is 159 Å². The number of fused-ring (bicyclic) bond motifs is 1. The van der Waals surface area contributed by atoms with E-state index >= 15 is 0 Å². The molecule has 7 heteroatoms. The molecule has 4 rings (SSSR count). The summed E-state index contributed by atoms with van der Waals surface area (Å²) in [6, 6.07) is 13.1. The van der Waals surface area contributed by atoms with Gasteiger partial charge in [0, 0.05) is 11.8 Å². The number of ketones is 1. The van der Waals surface area contributed by atoms with Crippen LogP contribution >= 0.6 is 11.3 Å². The maximum absolute atomic E-state index is 12.4. The van der Waals surface area contributed by atoms with Gasteiger partial charge in [0.15, 0.2) is 11.4 Å². The topological polar surface area (TPSA) is 77.0 Å². The van der Waals surface area contributed by atoms with E-state index in [-0.39, 0.29) is 18.0 Å². The van der Waals surface area contributed by atoms with Crippen LogP contribution in [0.2, 0.25) is 0 Å². The summed E-state index contributed by atoms with van der Waals surface area (Å²) >= 11 is 1.37. The number of ether oxygens (including phenoxy) is 1. The maximum Gasteiger partial charge on any atom is 0.328 e. The van der Waals surface area contributed by atoms with Crippen LogP contribution in [0.5, 0.6) is 5.75 Å². The number of hydrogen-bond donors (Lipinski definition) is 1. The molecule has 0 aliphatic carbocycles. The van der Waals surface area contributed by atoms with E-state index in [1.807, 2.05) is 48.7 Å². The standard InChI is InChI=1S/C20H17N3O3S/c1-2-26-15-6-3-5-13(9-15)14-10-16-19(21-11-14)22-20(25)23(16)12-17(24)18-7-4-8-27-18/h3-11H,2,12H2,1H3,(H,21,22,25). The summed E-state index contributed by atoms with van der Waals surface area (Å²) in [6.45, 7) is 2.50. The van der Waals surface area contributed by atoms with E-state index in [1.165, 1.54) is 15.9 Å². The number of benzene rings is 1. The largest absolute Gasteiger partial charge is 0.494 e. The van der Waals surface area contributed by atoms with Crippen LogP contribution in [0.15, 0.2) is 58.8 Å². The van der Waals surface area contributed by atoms with Gasteiger partial charge in [-0.1, -0.05) is 18.2 Å². The fraction of sp³-hybridized carbons (Fsp3) is 0.150. The Bertz CT molecular complexity index is 1160. The Morgan fingerprint density at radius 1 is 1.22 bits per heavy atom. The van der Waals surface area contributed by atoms with E-state index in [1.54, 1.807) is 12.3 Å². The van der Waals surface area contributed by atoms with Crippen molar-refractivity contribution in [3.8, 4) is 16.9 Å². The Kier molecular flexibility index (Phi) is 4.60. The number of aromatic amines is 1. The zero-order valence-corrected chi connectivity index (χ0v) is 15.5. The van der Waals surface area contributed by atoms with Crippen LogP contribution in [0.25, 0.3) is 22.3 Å². The van der Waals surface area contributed by atoms with Gasteiger partial charge >= 0.3 is 5.69 Å². The molecule has 3 heterocycles. The first-order chi connectivity index (χ1) is 13.2. The van der Waals surface area contributed by atoms with Crippen molar-refractivity contribution in [2.75, 3.05) is 6.61 Å². The van der Waals surface area contributed by atoms with Gasteiger partial charge in [-0.2, -0.15) is 0 Å². The van der Waals surface area contributed by atoms with Gasteiger partial charge < -0.3 is 4.74 Å². The lowest BCUT2D eigenvalue weighted by Gasteiger charge is -2.07. The fourth-order valence-corrected chi connectivity index (χ4v) is 3.60. The molecule has 1 aromatic carbocycles. The molecule has 0 radical (unpaired) electrons. The molecule has 0 aliphatic rings. The van der Waals surface area contributed by atoms with Gasteiger partial charge in [0.2, 0.25) is 0 Å². The molecule has 0 saturated heterocycles. The highest BCUT2D eigenvalue weighted by Crippen LogP contribution is 2.25. The summed E-state index contributed by atoms with van der Waals surface area (Å²) in [7, 11) is 0. The monoisotopic (exact) mass is 379 g/mol. The number of imidazole rings is 1. The number of nitrogens with one attached hydrogen (secondary N) is 1. The first kappa shape index (κ1) is 17.2. The third-order valence-electron chi connectivity index (χ3n) is 4.20. The van der Waals surface area contributed by atoms with Gasteiger partial charge in [-0.3, -0.25) is 14.3 Å². The lowest BCUT2D eigenvalue weighted by molar-refractivity contribution is 0.0976. The third kappa shape index (κ3) is 3.41. The second kappa shape index (κ2) is 7.20. The Morgan fingerprint density at radius 2 is 2.11 bits per heavy atom. The fourth-order valence-electron chi connectivity index (χ4n) is 2.94. The summed E-state index contributed by atoms with van der Waals surface area (Å²) in [5.74, 6) is 0.672. The second-order valence-corrected chi connectivity index (χ2v) is 6.92. The van der Waals surface area contributed by atoms with Crippen molar-refractivity contribution < 1.29 is 9.53 Å². The molecule has 0 unspecified atom stereocenters.